The molecule has 0 spiro atoms. The molecule has 0 aliphatic carbocycles. The summed E-state index contributed by atoms with van der Waals surface area (Å²) in [5.41, 5.74) is 1.16. The normalized spacial score (nSPS) is 13.9. The van der Waals surface area contributed by atoms with E-state index in [2.05, 4.69) is 21.3 Å². The van der Waals surface area contributed by atoms with Crippen LogP contribution in [0.25, 0.3) is 0 Å². The predicted molar refractivity (Wildman–Crippen MR) is 84.8 cm³/mol. The standard InChI is InChI=1S/C13H19N3O.HI/c1-3-17-12-7-5-4-6-11(12)10-15-13-14-8-9-16(13)2;/h4-7H,3,8-10H2,1-2H3,(H,14,15);1H. The molecule has 5 heteroatoms. The molecular formula is C13H20IN3O. The van der Waals surface area contributed by atoms with Gasteiger partial charge in [0.05, 0.1) is 13.2 Å². The van der Waals surface area contributed by atoms with E-state index in [4.69, 9.17) is 4.74 Å². The number of hydrogen-bond acceptors (Lipinski definition) is 4. The van der Waals surface area contributed by atoms with Crippen LogP contribution in [0.15, 0.2) is 29.3 Å². The van der Waals surface area contributed by atoms with Crippen molar-refractivity contribution < 1.29 is 4.74 Å². The maximum Gasteiger partial charge on any atom is 0.194 e. The molecule has 1 N–H and O–H groups in total. The zero-order valence-electron chi connectivity index (χ0n) is 10.8. The van der Waals surface area contributed by atoms with Crippen molar-refractivity contribution in [1.82, 2.24) is 10.2 Å². The Morgan fingerprint density at radius 1 is 1.39 bits per heavy atom. The van der Waals surface area contributed by atoms with Crippen LogP contribution in [0.2, 0.25) is 0 Å². The molecule has 4 nitrogen and oxygen atoms in total. The highest BCUT2D eigenvalue weighted by Crippen LogP contribution is 2.17. The van der Waals surface area contributed by atoms with Crippen LogP contribution in [0.3, 0.4) is 0 Å². The zero-order valence-corrected chi connectivity index (χ0v) is 13.2. The van der Waals surface area contributed by atoms with Gasteiger partial charge in [0.2, 0.25) is 0 Å². The molecule has 100 valence electrons. The summed E-state index contributed by atoms with van der Waals surface area (Å²) >= 11 is 0. The van der Waals surface area contributed by atoms with Crippen molar-refractivity contribution in [3.8, 4) is 5.75 Å². The van der Waals surface area contributed by atoms with E-state index >= 15 is 0 Å². The monoisotopic (exact) mass is 361 g/mol. The molecule has 0 saturated carbocycles. The molecule has 2 rings (SSSR count). The van der Waals surface area contributed by atoms with Crippen molar-refractivity contribution in [2.45, 2.75) is 13.5 Å². The highest BCUT2D eigenvalue weighted by atomic mass is 127. The van der Waals surface area contributed by atoms with E-state index in [1.54, 1.807) is 0 Å². The first-order valence-electron chi connectivity index (χ1n) is 6.01. The van der Waals surface area contributed by atoms with E-state index in [0.29, 0.717) is 6.61 Å². The number of guanidine groups is 1. The summed E-state index contributed by atoms with van der Waals surface area (Å²) < 4.78 is 5.59. The molecule has 0 amide bonds. The van der Waals surface area contributed by atoms with Crippen molar-refractivity contribution in [3.63, 3.8) is 0 Å². The third kappa shape index (κ3) is 3.76. The van der Waals surface area contributed by atoms with E-state index in [0.717, 1.165) is 36.9 Å². The van der Waals surface area contributed by atoms with Gasteiger partial charge < -0.3 is 15.0 Å². The number of hydrogen-bond donors (Lipinski definition) is 1. The summed E-state index contributed by atoms with van der Waals surface area (Å²) in [6, 6.07) is 8.10. The Balaban J connectivity index is 0.00000162. The maximum atomic E-state index is 5.59. The number of ether oxygens (including phenoxy) is 1. The molecule has 0 bridgehead atoms. The number of benzene rings is 1. The molecule has 0 saturated heterocycles. The van der Waals surface area contributed by atoms with Crippen LogP contribution in [-0.2, 0) is 6.54 Å². The van der Waals surface area contributed by atoms with Gasteiger partial charge >= 0.3 is 0 Å². The molecular weight excluding hydrogens is 341 g/mol. The summed E-state index contributed by atoms with van der Waals surface area (Å²) in [4.78, 5) is 6.53. The van der Waals surface area contributed by atoms with Gasteiger partial charge in [0.15, 0.2) is 5.96 Å². The summed E-state index contributed by atoms with van der Waals surface area (Å²) in [6.07, 6.45) is 0. The second kappa shape index (κ2) is 7.45. The van der Waals surface area contributed by atoms with Gasteiger partial charge in [-0.1, -0.05) is 18.2 Å². The summed E-state index contributed by atoms with van der Waals surface area (Å²) in [6.45, 7) is 5.32. The molecule has 0 unspecified atom stereocenters. The van der Waals surface area contributed by atoms with Crippen LogP contribution in [0, 0.1) is 0 Å². The van der Waals surface area contributed by atoms with Gasteiger partial charge in [-0.2, -0.15) is 0 Å². The number of para-hydroxylation sites is 1. The molecule has 1 heterocycles. The fourth-order valence-corrected chi connectivity index (χ4v) is 1.84. The van der Waals surface area contributed by atoms with E-state index in [1.165, 1.54) is 0 Å². The second-order valence-electron chi connectivity index (χ2n) is 4.02. The lowest BCUT2D eigenvalue weighted by molar-refractivity contribution is 0.336. The van der Waals surface area contributed by atoms with Crippen LogP contribution in [0.1, 0.15) is 12.5 Å². The minimum Gasteiger partial charge on any atom is -0.494 e. The van der Waals surface area contributed by atoms with Gasteiger partial charge in [0.1, 0.15) is 5.75 Å². The van der Waals surface area contributed by atoms with E-state index < -0.39 is 0 Å². The fraction of sp³-hybridized carbons (Fsp3) is 0.462. The smallest absolute Gasteiger partial charge is 0.194 e. The molecule has 0 aromatic heterocycles. The molecule has 0 radical (unpaired) electrons. The molecule has 1 aromatic carbocycles. The van der Waals surface area contributed by atoms with Crippen molar-refractivity contribution in [1.29, 1.82) is 0 Å². The minimum absolute atomic E-state index is 0. The molecule has 1 aromatic rings. The van der Waals surface area contributed by atoms with Gasteiger partial charge in [-0.25, -0.2) is 0 Å². The number of halogens is 1. The Hall–Kier alpha value is -0.980. The quantitative estimate of drug-likeness (QED) is 0.835. The minimum atomic E-state index is 0. The third-order valence-corrected chi connectivity index (χ3v) is 2.77. The number of aliphatic imine (C=N–C) groups is 1. The molecule has 0 fully saturated rings. The zero-order chi connectivity index (χ0) is 12.1. The first-order valence-corrected chi connectivity index (χ1v) is 6.01. The van der Waals surface area contributed by atoms with Gasteiger partial charge in [0, 0.05) is 25.7 Å². The summed E-state index contributed by atoms with van der Waals surface area (Å²) in [5, 5.41) is 3.34. The molecule has 1 aliphatic heterocycles. The average molecular weight is 361 g/mol. The Labute approximate surface area is 125 Å². The Bertz CT molecular complexity index is 409. The Morgan fingerprint density at radius 2 is 2.17 bits per heavy atom. The molecule has 18 heavy (non-hydrogen) atoms. The lowest BCUT2D eigenvalue weighted by atomic mass is 10.2. The second-order valence-corrected chi connectivity index (χ2v) is 4.02. The highest BCUT2D eigenvalue weighted by Gasteiger charge is 2.12. The first kappa shape index (κ1) is 15.1. The molecule has 0 atom stereocenters. The number of nitrogens with one attached hydrogen (secondary N) is 1. The van der Waals surface area contributed by atoms with Crippen molar-refractivity contribution in [2.24, 2.45) is 4.99 Å². The van der Waals surface area contributed by atoms with E-state index in [9.17, 15) is 0 Å². The highest BCUT2D eigenvalue weighted by molar-refractivity contribution is 14.0. The Kier molecular flexibility index (Phi) is 6.24. The van der Waals surface area contributed by atoms with Gasteiger partial charge in [0.25, 0.3) is 0 Å². The number of nitrogens with zero attached hydrogens (tertiary/aromatic N) is 2. The van der Waals surface area contributed by atoms with Crippen LogP contribution in [-0.4, -0.2) is 37.6 Å². The van der Waals surface area contributed by atoms with Crippen molar-refractivity contribution in [2.75, 3.05) is 26.7 Å². The van der Waals surface area contributed by atoms with E-state index in [1.807, 2.05) is 32.2 Å². The largest absolute Gasteiger partial charge is 0.494 e. The van der Waals surface area contributed by atoms with Crippen molar-refractivity contribution >= 4 is 29.9 Å². The summed E-state index contributed by atoms with van der Waals surface area (Å²) in [7, 11) is 2.05. The third-order valence-electron chi connectivity index (χ3n) is 2.77. The molecule has 1 aliphatic rings. The lowest BCUT2D eigenvalue weighted by Gasteiger charge is -2.16. The first-order chi connectivity index (χ1) is 8.31. The lowest BCUT2D eigenvalue weighted by Crippen LogP contribution is -2.35. The van der Waals surface area contributed by atoms with Gasteiger partial charge in [-0.3, -0.25) is 4.99 Å². The summed E-state index contributed by atoms with van der Waals surface area (Å²) in [5.74, 6) is 1.92. The average Bonchev–Trinajstić information content (AvgIpc) is 2.74. The topological polar surface area (TPSA) is 36.9 Å². The van der Waals surface area contributed by atoms with Gasteiger partial charge in [-0.15, -0.1) is 24.0 Å². The predicted octanol–water partition coefficient (Wildman–Crippen LogP) is 2.09. The van der Waals surface area contributed by atoms with Crippen LogP contribution >= 0.6 is 24.0 Å². The van der Waals surface area contributed by atoms with Gasteiger partial charge in [-0.05, 0) is 13.0 Å². The fourth-order valence-electron chi connectivity index (χ4n) is 1.84. The van der Waals surface area contributed by atoms with Crippen LogP contribution < -0.4 is 10.1 Å². The number of rotatable bonds is 4. The number of likely N-dealkylation sites (N-methyl/N-ethyl adjacent to an activating group) is 1. The SMILES string of the molecule is CCOc1ccccc1CNC1=NCCN1C.I. The van der Waals surface area contributed by atoms with Crippen molar-refractivity contribution in [3.05, 3.63) is 29.8 Å². The van der Waals surface area contributed by atoms with E-state index in [-0.39, 0.29) is 24.0 Å². The van der Waals surface area contributed by atoms with Crippen LogP contribution in [0.4, 0.5) is 0 Å². The van der Waals surface area contributed by atoms with Crippen LogP contribution in [0.5, 0.6) is 5.75 Å². The Morgan fingerprint density at radius 3 is 2.83 bits per heavy atom. The maximum absolute atomic E-state index is 5.59.